The number of benzene rings is 2. The highest BCUT2D eigenvalue weighted by atomic mass is 32.2. The third kappa shape index (κ3) is 6.30. The Morgan fingerprint density at radius 3 is 2.52 bits per heavy atom. The second-order valence-electron chi connectivity index (χ2n) is 10.6. The van der Waals surface area contributed by atoms with Crippen LogP contribution in [0.5, 0.6) is 17.2 Å². The van der Waals surface area contributed by atoms with Crippen molar-refractivity contribution in [3.05, 3.63) is 90.9 Å². The van der Waals surface area contributed by atoms with Gasteiger partial charge < -0.3 is 24.4 Å². The third-order valence-corrected chi connectivity index (χ3v) is 8.83. The van der Waals surface area contributed by atoms with E-state index < -0.39 is 29.5 Å². The van der Waals surface area contributed by atoms with Gasteiger partial charge >= 0.3 is 0 Å². The Kier molecular flexibility index (Phi) is 9.58. The lowest BCUT2D eigenvalue weighted by atomic mass is 9.95. The summed E-state index contributed by atoms with van der Waals surface area (Å²) >= 11 is 1.31. The molecule has 44 heavy (non-hydrogen) atoms. The Hall–Kier alpha value is -4.32. The summed E-state index contributed by atoms with van der Waals surface area (Å²) in [5, 5.41) is 12.5. The summed E-state index contributed by atoms with van der Waals surface area (Å²) in [6.07, 6.45) is 6.84. The van der Waals surface area contributed by atoms with E-state index in [1.807, 2.05) is 18.4 Å². The number of ether oxygens (including phenoxy) is 3. The van der Waals surface area contributed by atoms with Crippen LogP contribution < -0.4 is 25.0 Å². The van der Waals surface area contributed by atoms with Crippen LogP contribution in [-0.2, 0) is 17.9 Å². The number of rotatable bonds is 10. The Balaban J connectivity index is 1.60. The van der Waals surface area contributed by atoms with Crippen molar-refractivity contribution in [3.8, 4) is 28.4 Å². The van der Waals surface area contributed by atoms with Crippen molar-refractivity contribution in [2.75, 3.05) is 20.5 Å². The molecule has 232 valence electrons. The van der Waals surface area contributed by atoms with Gasteiger partial charge in [-0.3, -0.25) is 9.59 Å². The molecule has 0 radical (unpaired) electrons. The van der Waals surface area contributed by atoms with Crippen LogP contribution in [0.15, 0.2) is 52.2 Å². The molecule has 0 aromatic heterocycles. The lowest BCUT2D eigenvalue weighted by Gasteiger charge is -2.22. The summed E-state index contributed by atoms with van der Waals surface area (Å²) < 4.78 is 33.4. The standard InChI is InChI=1S/C32H33FN2O8S/c1-40-30-26(43-20-8-4-5-9-20)15-18-11-13-24(34-32(37)22-10-6-7-19(29(22)33)17-42-35(38)39)23-16-25(36)27(44-3)14-12-21(23)28(18)31(30)41-2/h6-7,10,12,14-16,20,24H,4-5,8-9,11,13,17H2,1-3H3,(H,34,37)/t24-/m0/s1. The van der Waals surface area contributed by atoms with Gasteiger partial charge in [-0.15, -0.1) is 21.9 Å². The minimum atomic E-state index is -1.02. The molecule has 0 heterocycles. The number of amides is 1. The summed E-state index contributed by atoms with van der Waals surface area (Å²) in [6.45, 7) is -0.638. The zero-order valence-electron chi connectivity index (χ0n) is 24.6. The van der Waals surface area contributed by atoms with Gasteiger partial charge in [-0.05, 0) is 85.7 Å². The molecule has 5 rings (SSSR count). The molecule has 2 aliphatic carbocycles. The highest BCUT2D eigenvalue weighted by Gasteiger charge is 2.31. The largest absolute Gasteiger partial charge is 0.492 e. The maximum absolute atomic E-state index is 15.3. The average molecular weight is 625 g/mol. The number of methoxy groups -OCH3 is 2. The normalized spacial score (nSPS) is 15.9. The first kappa shape index (κ1) is 31.1. The van der Waals surface area contributed by atoms with E-state index in [0.29, 0.717) is 46.1 Å². The molecule has 10 nitrogen and oxygen atoms in total. The van der Waals surface area contributed by atoms with Crippen LogP contribution in [0.1, 0.15) is 65.2 Å². The summed E-state index contributed by atoms with van der Waals surface area (Å²) in [6, 6.07) is 10.4. The first-order chi connectivity index (χ1) is 21.2. The van der Waals surface area contributed by atoms with Gasteiger partial charge in [-0.2, -0.15) is 0 Å². The molecule has 1 fully saturated rings. The number of fused-ring (bicyclic) bond motifs is 3. The van der Waals surface area contributed by atoms with E-state index in [4.69, 9.17) is 14.2 Å². The topological polar surface area (TPSA) is 126 Å². The quantitative estimate of drug-likeness (QED) is 0.163. The predicted molar refractivity (Wildman–Crippen MR) is 163 cm³/mol. The lowest BCUT2D eigenvalue weighted by molar-refractivity contribution is -0.763. The van der Waals surface area contributed by atoms with Gasteiger partial charge in [0, 0.05) is 11.1 Å². The van der Waals surface area contributed by atoms with Crippen LogP contribution in [0.3, 0.4) is 0 Å². The van der Waals surface area contributed by atoms with Crippen molar-refractivity contribution in [3.63, 3.8) is 0 Å². The summed E-state index contributed by atoms with van der Waals surface area (Å²) in [5.74, 6) is -0.172. The molecule has 12 heteroatoms. The zero-order valence-corrected chi connectivity index (χ0v) is 25.5. The first-order valence-electron chi connectivity index (χ1n) is 14.3. The van der Waals surface area contributed by atoms with Gasteiger partial charge in [-0.1, -0.05) is 18.2 Å². The molecule has 0 aliphatic heterocycles. The van der Waals surface area contributed by atoms with Gasteiger partial charge in [0.2, 0.25) is 5.75 Å². The fourth-order valence-electron chi connectivity index (χ4n) is 5.96. The Labute approximate surface area is 258 Å². The Morgan fingerprint density at radius 2 is 1.84 bits per heavy atom. The van der Waals surface area contributed by atoms with Crippen molar-refractivity contribution in [1.29, 1.82) is 0 Å². The van der Waals surface area contributed by atoms with Gasteiger partial charge in [0.15, 0.2) is 16.9 Å². The first-order valence-corrected chi connectivity index (χ1v) is 15.5. The molecule has 2 aliphatic rings. The summed E-state index contributed by atoms with van der Waals surface area (Å²) in [4.78, 5) is 42.2. The number of nitrogens with zero attached hydrogens (tertiary/aromatic N) is 1. The van der Waals surface area contributed by atoms with Crippen molar-refractivity contribution in [2.45, 2.75) is 62.2 Å². The molecule has 0 bridgehead atoms. The minimum absolute atomic E-state index is 0.0723. The summed E-state index contributed by atoms with van der Waals surface area (Å²) in [5.41, 5.74) is 2.17. The molecule has 1 N–H and O–H groups in total. The number of nitrogens with one attached hydrogen (secondary N) is 1. The maximum Gasteiger partial charge on any atom is 0.294 e. The molecule has 0 spiro atoms. The smallest absolute Gasteiger partial charge is 0.294 e. The van der Waals surface area contributed by atoms with Crippen LogP contribution in [0.2, 0.25) is 0 Å². The predicted octanol–water partition coefficient (Wildman–Crippen LogP) is 6.04. The van der Waals surface area contributed by atoms with Crippen LogP contribution in [0.25, 0.3) is 11.1 Å². The van der Waals surface area contributed by atoms with Gasteiger partial charge in [-0.25, -0.2) is 4.39 Å². The number of aryl methyl sites for hydroxylation is 1. The number of halogens is 1. The summed E-state index contributed by atoms with van der Waals surface area (Å²) in [7, 11) is 3.10. The SMILES string of the molecule is COc1c(OC2CCCC2)cc2c(c1OC)-c1ccc(SC)c(=O)cc1[C@@H](NC(=O)c1cccc(CO[N+](=O)[O-])c1F)CC2. The second-order valence-corrected chi connectivity index (χ2v) is 11.5. The van der Waals surface area contributed by atoms with Crippen LogP contribution >= 0.6 is 11.8 Å². The zero-order chi connectivity index (χ0) is 31.4. The average Bonchev–Trinajstić information content (AvgIpc) is 3.41. The maximum atomic E-state index is 15.3. The van der Waals surface area contributed by atoms with E-state index in [0.717, 1.165) is 36.8 Å². The minimum Gasteiger partial charge on any atom is -0.492 e. The van der Waals surface area contributed by atoms with E-state index in [1.54, 1.807) is 20.3 Å². The Bertz CT molecular complexity index is 1640. The van der Waals surface area contributed by atoms with Crippen molar-refractivity contribution in [1.82, 2.24) is 5.32 Å². The van der Waals surface area contributed by atoms with E-state index in [2.05, 4.69) is 10.2 Å². The van der Waals surface area contributed by atoms with Gasteiger partial charge in [0.25, 0.3) is 11.0 Å². The van der Waals surface area contributed by atoms with Gasteiger partial charge in [0.05, 0.1) is 36.8 Å². The molecule has 1 saturated carbocycles. The number of carbonyl (C=O) groups is 1. The molecule has 1 amide bonds. The molecule has 3 aromatic carbocycles. The lowest BCUT2D eigenvalue weighted by Crippen LogP contribution is -2.30. The molecular weight excluding hydrogens is 591 g/mol. The fraction of sp³-hybridized carbons (Fsp3) is 0.375. The highest BCUT2D eigenvalue weighted by Crippen LogP contribution is 2.51. The van der Waals surface area contributed by atoms with Crippen LogP contribution in [0.4, 0.5) is 4.39 Å². The van der Waals surface area contributed by atoms with Crippen LogP contribution in [0, 0.1) is 15.9 Å². The molecular formula is C32H33FN2O8S. The third-order valence-electron chi connectivity index (χ3n) is 8.05. The molecule has 0 saturated heterocycles. The number of hydrogen-bond acceptors (Lipinski definition) is 9. The molecule has 3 aromatic rings. The van der Waals surface area contributed by atoms with E-state index >= 15 is 4.39 Å². The Morgan fingerprint density at radius 1 is 1.09 bits per heavy atom. The number of carbonyl (C=O) groups excluding carboxylic acids is 1. The van der Waals surface area contributed by atoms with Crippen molar-refractivity contribution >= 4 is 17.7 Å². The van der Waals surface area contributed by atoms with E-state index in [9.17, 15) is 19.7 Å². The highest BCUT2D eigenvalue weighted by molar-refractivity contribution is 7.98. The van der Waals surface area contributed by atoms with Crippen molar-refractivity contribution in [2.24, 2.45) is 0 Å². The van der Waals surface area contributed by atoms with Crippen molar-refractivity contribution < 1.29 is 33.3 Å². The number of hydrogen-bond donors (Lipinski definition) is 1. The fourth-order valence-corrected chi connectivity index (χ4v) is 6.43. The van der Waals surface area contributed by atoms with Gasteiger partial charge in [0.1, 0.15) is 12.4 Å². The monoisotopic (exact) mass is 624 g/mol. The molecule has 0 unspecified atom stereocenters. The molecule has 1 atom stereocenters. The van der Waals surface area contributed by atoms with E-state index in [1.165, 1.54) is 36.0 Å². The second kappa shape index (κ2) is 13.5. The van der Waals surface area contributed by atoms with Crippen LogP contribution in [-0.4, -0.2) is 37.6 Å². The van der Waals surface area contributed by atoms with E-state index in [-0.39, 0.29) is 22.7 Å². The number of thioether (sulfide) groups is 1.